The maximum Gasteiger partial charge on any atom is 0.410 e. The van der Waals surface area contributed by atoms with Crippen molar-refractivity contribution in [3.8, 4) is 0 Å². The Labute approximate surface area is 148 Å². The van der Waals surface area contributed by atoms with Crippen molar-refractivity contribution >= 4 is 6.09 Å². The summed E-state index contributed by atoms with van der Waals surface area (Å²) in [5.41, 5.74) is 2.04. The lowest BCUT2D eigenvalue weighted by Crippen LogP contribution is -2.62. The summed E-state index contributed by atoms with van der Waals surface area (Å²) in [6.07, 6.45) is 2.73. The van der Waals surface area contributed by atoms with Gasteiger partial charge in [0.25, 0.3) is 0 Å². The van der Waals surface area contributed by atoms with Crippen LogP contribution in [-0.4, -0.2) is 57.2 Å². The van der Waals surface area contributed by atoms with Crippen LogP contribution in [0.1, 0.15) is 17.1 Å². The smallest absolute Gasteiger partial charge is 0.410 e. The fourth-order valence-corrected chi connectivity index (χ4v) is 3.99. The van der Waals surface area contributed by atoms with Gasteiger partial charge in [-0.25, -0.2) is 9.78 Å². The molecule has 0 aliphatic carbocycles. The van der Waals surface area contributed by atoms with E-state index in [2.05, 4.69) is 28.2 Å². The van der Waals surface area contributed by atoms with E-state index in [-0.39, 0.29) is 11.6 Å². The van der Waals surface area contributed by atoms with Crippen LogP contribution in [0, 0.1) is 6.92 Å². The summed E-state index contributed by atoms with van der Waals surface area (Å²) in [4.78, 5) is 21.1. The molecule has 0 saturated carbocycles. The molecule has 2 fully saturated rings. The summed E-state index contributed by atoms with van der Waals surface area (Å²) in [6, 6.07) is 10.4. The van der Waals surface area contributed by atoms with Crippen LogP contribution >= 0.6 is 0 Å². The molecule has 0 bridgehead atoms. The number of ether oxygens (including phenoxy) is 1. The summed E-state index contributed by atoms with van der Waals surface area (Å²) < 4.78 is 7.49. The number of hydrogen-bond donors (Lipinski definition) is 0. The first-order valence-electron chi connectivity index (χ1n) is 8.75. The van der Waals surface area contributed by atoms with E-state index in [1.807, 2.05) is 41.6 Å². The Morgan fingerprint density at radius 3 is 2.76 bits per heavy atom. The second-order valence-corrected chi connectivity index (χ2v) is 7.19. The third kappa shape index (κ3) is 3.02. The average molecular weight is 340 g/mol. The first-order valence-corrected chi connectivity index (χ1v) is 8.75. The number of rotatable bonds is 4. The second kappa shape index (κ2) is 6.19. The first kappa shape index (κ1) is 16.1. The first-order chi connectivity index (χ1) is 12.1. The van der Waals surface area contributed by atoms with Gasteiger partial charge in [-0.2, -0.15) is 0 Å². The molecule has 3 heterocycles. The van der Waals surface area contributed by atoms with Crippen LogP contribution in [-0.2, 0) is 24.8 Å². The lowest BCUT2D eigenvalue weighted by atomic mass is 9.88. The van der Waals surface area contributed by atoms with Gasteiger partial charge in [0, 0.05) is 45.8 Å². The second-order valence-electron chi connectivity index (χ2n) is 7.19. The minimum atomic E-state index is -0.277. The molecular formula is C19H24N4O2. The molecule has 1 unspecified atom stereocenters. The molecule has 1 amide bonds. The molecule has 25 heavy (non-hydrogen) atoms. The van der Waals surface area contributed by atoms with Gasteiger partial charge in [-0.1, -0.05) is 30.3 Å². The van der Waals surface area contributed by atoms with Gasteiger partial charge in [0.1, 0.15) is 12.4 Å². The van der Waals surface area contributed by atoms with Crippen molar-refractivity contribution in [1.29, 1.82) is 0 Å². The fraction of sp³-hybridized carbons (Fsp3) is 0.474. The van der Waals surface area contributed by atoms with Gasteiger partial charge in [-0.3, -0.25) is 9.80 Å². The van der Waals surface area contributed by atoms with Crippen molar-refractivity contribution in [1.82, 2.24) is 19.4 Å². The van der Waals surface area contributed by atoms with Gasteiger partial charge >= 0.3 is 6.09 Å². The summed E-state index contributed by atoms with van der Waals surface area (Å²) >= 11 is 0. The van der Waals surface area contributed by atoms with Gasteiger partial charge in [-0.05, 0) is 12.5 Å². The third-order valence-corrected chi connectivity index (χ3v) is 5.34. The third-order valence-electron chi connectivity index (χ3n) is 5.34. The molecule has 0 N–H and O–H groups in total. The van der Waals surface area contributed by atoms with Crippen molar-refractivity contribution in [2.24, 2.45) is 7.05 Å². The largest absolute Gasteiger partial charge is 0.447 e. The lowest BCUT2D eigenvalue weighted by Gasteiger charge is -2.44. The Bertz CT molecular complexity index is 753. The number of aromatic nitrogens is 2. The number of nitrogens with zero attached hydrogens (tertiary/aromatic N) is 4. The van der Waals surface area contributed by atoms with Gasteiger partial charge in [0.2, 0.25) is 0 Å². The number of imidazole rings is 1. The molecule has 132 valence electrons. The van der Waals surface area contributed by atoms with E-state index in [1.165, 1.54) is 5.56 Å². The van der Waals surface area contributed by atoms with E-state index in [4.69, 9.17) is 4.74 Å². The van der Waals surface area contributed by atoms with Crippen molar-refractivity contribution in [3.63, 3.8) is 0 Å². The molecule has 0 radical (unpaired) electrons. The fourth-order valence-electron chi connectivity index (χ4n) is 3.99. The van der Waals surface area contributed by atoms with Crippen LogP contribution in [0.15, 0.2) is 36.5 Å². The predicted molar refractivity (Wildman–Crippen MR) is 94.2 cm³/mol. The van der Waals surface area contributed by atoms with Gasteiger partial charge < -0.3 is 9.30 Å². The Morgan fingerprint density at radius 2 is 2.04 bits per heavy atom. The molecule has 6 nitrogen and oxygen atoms in total. The Morgan fingerprint density at radius 1 is 1.24 bits per heavy atom. The molecule has 2 aliphatic heterocycles. The number of amides is 1. The van der Waals surface area contributed by atoms with Crippen molar-refractivity contribution < 1.29 is 9.53 Å². The van der Waals surface area contributed by atoms with E-state index in [1.54, 1.807) is 0 Å². The Hall–Kier alpha value is -2.34. The Kier molecular flexibility index (Phi) is 4.00. The summed E-state index contributed by atoms with van der Waals surface area (Å²) in [7, 11) is 2.02. The molecule has 1 aromatic heterocycles. The van der Waals surface area contributed by atoms with Crippen LogP contribution in [0.25, 0.3) is 0 Å². The SMILES string of the molecule is Cc1nc(CN2CCN3C(=O)OCC3(Cc3ccccc3)C2)cn1C. The van der Waals surface area contributed by atoms with Gasteiger partial charge in [0.15, 0.2) is 0 Å². The highest BCUT2D eigenvalue weighted by atomic mass is 16.6. The number of benzene rings is 1. The van der Waals surface area contributed by atoms with Crippen molar-refractivity contribution in [2.75, 3.05) is 26.2 Å². The Balaban J connectivity index is 1.55. The van der Waals surface area contributed by atoms with E-state index in [0.717, 1.165) is 37.6 Å². The normalized spacial score (nSPS) is 23.6. The number of carbonyl (C=O) groups is 1. The highest BCUT2D eigenvalue weighted by molar-refractivity contribution is 5.71. The van der Waals surface area contributed by atoms with Crippen LogP contribution in [0.2, 0.25) is 0 Å². The molecule has 0 spiro atoms. The van der Waals surface area contributed by atoms with E-state index in [0.29, 0.717) is 13.2 Å². The molecule has 1 aromatic carbocycles. The minimum Gasteiger partial charge on any atom is -0.447 e. The number of piperazine rings is 1. The number of aryl methyl sites for hydroxylation is 2. The summed E-state index contributed by atoms with van der Waals surface area (Å²) in [5.74, 6) is 1.02. The van der Waals surface area contributed by atoms with E-state index in [9.17, 15) is 4.79 Å². The molecule has 2 saturated heterocycles. The molecule has 2 aromatic rings. The topological polar surface area (TPSA) is 50.6 Å². The monoisotopic (exact) mass is 340 g/mol. The summed E-state index contributed by atoms with van der Waals surface area (Å²) in [5, 5.41) is 0. The van der Waals surface area contributed by atoms with E-state index >= 15 is 0 Å². The zero-order valence-electron chi connectivity index (χ0n) is 14.8. The minimum absolute atomic E-state index is 0.177. The predicted octanol–water partition coefficient (Wildman–Crippen LogP) is 1.98. The van der Waals surface area contributed by atoms with E-state index < -0.39 is 0 Å². The maximum atomic E-state index is 12.2. The van der Waals surface area contributed by atoms with Gasteiger partial charge in [-0.15, -0.1) is 0 Å². The number of cyclic esters (lactones) is 1. The zero-order valence-corrected chi connectivity index (χ0v) is 14.8. The molecule has 6 heteroatoms. The lowest BCUT2D eigenvalue weighted by molar-refractivity contribution is 0.0471. The number of hydrogen-bond acceptors (Lipinski definition) is 4. The number of fused-ring (bicyclic) bond motifs is 1. The van der Waals surface area contributed by atoms with Gasteiger partial charge in [0.05, 0.1) is 11.2 Å². The van der Waals surface area contributed by atoms with Crippen LogP contribution in [0.4, 0.5) is 4.79 Å². The van der Waals surface area contributed by atoms with Crippen LogP contribution < -0.4 is 0 Å². The van der Waals surface area contributed by atoms with Crippen molar-refractivity contribution in [2.45, 2.75) is 25.4 Å². The van der Waals surface area contributed by atoms with Crippen molar-refractivity contribution in [3.05, 3.63) is 53.6 Å². The zero-order chi connectivity index (χ0) is 17.4. The standard InChI is InChI=1S/C19H24N4O2/c1-15-20-17(11-21(15)2)12-22-8-9-23-18(24)25-14-19(23,13-22)10-16-6-4-3-5-7-16/h3-7,11H,8-10,12-14H2,1-2H3. The maximum absolute atomic E-state index is 12.2. The molecule has 1 atom stereocenters. The summed E-state index contributed by atoms with van der Waals surface area (Å²) in [6.45, 7) is 5.64. The highest BCUT2D eigenvalue weighted by Gasteiger charge is 2.50. The molecular weight excluding hydrogens is 316 g/mol. The number of carbonyl (C=O) groups excluding carboxylic acids is 1. The molecule has 2 aliphatic rings. The van der Waals surface area contributed by atoms with Crippen LogP contribution in [0.5, 0.6) is 0 Å². The quantitative estimate of drug-likeness (QED) is 0.854. The highest BCUT2D eigenvalue weighted by Crippen LogP contribution is 2.32. The molecule has 4 rings (SSSR count). The average Bonchev–Trinajstić information content (AvgIpc) is 3.08. The van der Waals surface area contributed by atoms with Crippen LogP contribution in [0.3, 0.4) is 0 Å².